The van der Waals surface area contributed by atoms with Gasteiger partial charge in [0.05, 0.1) is 0 Å². The molecule has 3 aromatic rings. The first-order chi connectivity index (χ1) is 10.9. The molecule has 3 nitrogen and oxygen atoms in total. The molecule has 1 aliphatic heterocycles. The average molecular weight is 309 g/mol. The smallest absolute Gasteiger partial charge is 0.160 e. The molecule has 0 aliphatic carbocycles. The summed E-state index contributed by atoms with van der Waals surface area (Å²) in [6.45, 7) is 0. The Balaban J connectivity index is 1.79. The second-order valence-corrected chi connectivity index (χ2v) is 6.97. The van der Waals surface area contributed by atoms with Gasteiger partial charge in [-0.1, -0.05) is 30.3 Å². The van der Waals surface area contributed by atoms with Crippen LogP contribution in [0.3, 0.4) is 0 Å². The molecule has 0 radical (unpaired) electrons. The standard InChI is InChI=1S/C18H19N3S/c1-2-5-14(6-3-1)13-17-20-16-7-4-10-19-18(16)21(17)15-8-11-22-12-9-15/h1-7,10,15H,8-9,11-13H2. The molecule has 0 atom stereocenters. The fraction of sp³-hybridized carbons (Fsp3) is 0.333. The van der Waals surface area contributed by atoms with Crippen molar-refractivity contribution in [1.29, 1.82) is 0 Å². The van der Waals surface area contributed by atoms with Crippen LogP contribution >= 0.6 is 11.8 Å². The highest BCUT2D eigenvalue weighted by molar-refractivity contribution is 7.99. The van der Waals surface area contributed by atoms with Crippen LogP contribution < -0.4 is 0 Å². The van der Waals surface area contributed by atoms with E-state index in [1.165, 1.54) is 29.9 Å². The van der Waals surface area contributed by atoms with Crippen LogP contribution in [0, 0.1) is 0 Å². The summed E-state index contributed by atoms with van der Waals surface area (Å²) in [7, 11) is 0. The summed E-state index contributed by atoms with van der Waals surface area (Å²) in [4.78, 5) is 9.49. The van der Waals surface area contributed by atoms with Crippen LogP contribution in [0.1, 0.15) is 30.3 Å². The van der Waals surface area contributed by atoms with Crippen molar-refractivity contribution in [2.45, 2.75) is 25.3 Å². The van der Waals surface area contributed by atoms with E-state index in [9.17, 15) is 0 Å². The lowest BCUT2D eigenvalue weighted by atomic mass is 10.1. The fourth-order valence-corrected chi connectivity index (χ4v) is 4.29. The lowest BCUT2D eigenvalue weighted by Crippen LogP contribution is -2.18. The lowest BCUT2D eigenvalue weighted by molar-refractivity contribution is 0.465. The number of benzene rings is 1. The molecule has 0 bridgehead atoms. The number of nitrogens with zero attached hydrogens (tertiary/aromatic N) is 3. The van der Waals surface area contributed by atoms with Crippen LogP contribution in [0.15, 0.2) is 48.7 Å². The van der Waals surface area contributed by atoms with Crippen LogP contribution in [-0.2, 0) is 6.42 Å². The average Bonchev–Trinajstić information content (AvgIpc) is 2.94. The summed E-state index contributed by atoms with van der Waals surface area (Å²) in [5.74, 6) is 3.63. The molecular weight excluding hydrogens is 290 g/mol. The van der Waals surface area contributed by atoms with Gasteiger partial charge in [-0.3, -0.25) is 0 Å². The van der Waals surface area contributed by atoms with Crippen molar-refractivity contribution < 1.29 is 0 Å². The van der Waals surface area contributed by atoms with Crippen molar-refractivity contribution in [3.8, 4) is 0 Å². The van der Waals surface area contributed by atoms with Crippen LogP contribution in [0.2, 0.25) is 0 Å². The molecule has 4 rings (SSSR count). The molecule has 1 fully saturated rings. The van der Waals surface area contributed by atoms with Crippen molar-refractivity contribution in [2.75, 3.05) is 11.5 Å². The molecule has 0 saturated carbocycles. The molecule has 4 heteroatoms. The number of thioether (sulfide) groups is 1. The maximum Gasteiger partial charge on any atom is 0.160 e. The SMILES string of the molecule is c1ccc(Cc2nc3cccnc3n2C2CCSCC2)cc1. The number of pyridine rings is 1. The summed E-state index contributed by atoms with van der Waals surface area (Å²) in [6, 6.07) is 15.2. The monoisotopic (exact) mass is 309 g/mol. The summed E-state index contributed by atoms with van der Waals surface area (Å²) >= 11 is 2.06. The first-order valence-corrected chi connectivity index (χ1v) is 9.01. The van der Waals surface area contributed by atoms with Crippen molar-refractivity contribution in [2.24, 2.45) is 0 Å². The molecule has 1 aliphatic rings. The molecule has 0 spiro atoms. The van der Waals surface area contributed by atoms with E-state index in [1.54, 1.807) is 0 Å². The van der Waals surface area contributed by atoms with Gasteiger partial charge in [-0.05, 0) is 42.0 Å². The Morgan fingerprint density at radius 2 is 1.86 bits per heavy atom. The van der Waals surface area contributed by atoms with Crippen molar-refractivity contribution >= 4 is 22.9 Å². The quantitative estimate of drug-likeness (QED) is 0.730. The minimum absolute atomic E-state index is 0.542. The van der Waals surface area contributed by atoms with Gasteiger partial charge in [0.1, 0.15) is 11.3 Å². The molecule has 112 valence electrons. The maximum absolute atomic E-state index is 4.88. The molecule has 0 N–H and O–H groups in total. The van der Waals surface area contributed by atoms with E-state index < -0.39 is 0 Å². The predicted octanol–water partition coefficient (Wildman–Crippen LogP) is 4.09. The van der Waals surface area contributed by atoms with Crippen LogP contribution in [0.4, 0.5) is 0 Å². The second-order valence-electron chi connectivity index (χ2n) is 5.75. The van der Waals surface area contributed by atoms with Crippen molar-refractivity contribution in [1.82, 2.24) is 14.5 Å². The highest BCUT2D eigenvalue weighted by atomic mass is 32.2. The van der Waals surface area contributed by atoms with Crippen LogP contribution in [0.5, 0.6) is 0 Å². The number of imidazole rings is 1. The molecule has 2 aromatic heterocycles. The molecule has 1 aromatic carbocycles. The minimum atomic E-state index is 0.542. The van der Waals surface area contributed by atoms with E-state index in [0.29, 0.717) is 6.04 Å². The number of rotatable bonds is 3. The molecule has 3 heterocycles. The van der Waals surface area contributed by atoms with E-state index >= 15 is 0 Å². The number of aromatic nitrogens is 3. The van der Waals surface area contributed by atoms with Gasteiger partial charge in [0.15, 0.2) is 5.65 Å². The number of hydrogen-bond donors (Lipinski definition) is 0. The summed E-state index contributed by atoms with van der Waals surface area (Å²) in [5.41, 5.74) is 3.38. The zero-order chi connectivity index (χ0) is 14.8. The number of fused-ring (bicyclic) bond motifs is 1. The Morgan fingerprint density at radius 3 is 2.68 bits per heavy atom. The third kappa shape index (κ3) is 2.63. The Morgan fingerprint density at radius 1 is 1.05 bits per heavy atom. The van der Waals surface area contributed by atoms with Crippen LogP contribution in [-0.4, -0.2) is 26.0 Å². The van der Waals surface area contributed by atoms with Gasteiger partial charge >= 0.3 is 0 Å². The van der Waals surface area contributed by atoms with Crippen LogP contribution in [0.25, 0.3) is 11.2 Å². The van der Waals surface area contributed by atoms with Gasteiger partial charge in [0, 0.05) is 18.7 Å². The van der Waals surface area contributed by atoms with Gasteiger partial charge in [-0.15, -0.1) is 0 Å². The zero-order valence-corrected chi connectivity index (χ0v) is 13.3. The van der Waals surface area contributed by atoms with Gasteiger partial charge < -0.3 is 4.57 Å². The van der Waals surface area contributed by atoms with E-state index in [2.05, 4.69) is 57.7 Å². The number of hydrogen-bond acceptors (Lipinski definition) is 3. The third-order valence-electron chi connectivity index (χ3n) is 4.28. The topological polar surface area (TPSA) is 30.7 Å². The molecule has 1 saturated heterocycles. The first-order valence-electron chi connectivity index (χ1n) is 7.85. The second kappa shape index (κ2) is 6.13. The largest absolute Gasteiger partial charge is 0.309 e. The minimum Gasteiger partial charge on any atom is -0.309 e. The van der Waals surface area contributed by atoms with Gasteiger partial charge in [-0.2, -0.15) is 11.8 Å². The Hall–Kier alpha value is -1.81. The lowest BCUT2D eigenvalue weighted by Gasteiger charge is -2.25. The zero-order valence-electron chi connectivity index (χ0n) is 12.5. The Labute approximate surface area is 134 Å². The summed E-state index contributed by atoms with van der Waals surface area (Å²) in [6.07, 6.45) is 5.19. The Kier molecular flexibility index (Phi) is 3.85. The van der Waals surface area contributed by atoms with E-state index in [0.717, 1.165) is 23.4 Å². The van der Waals surface area contributed by atoms with Gasteiger partial charge in [0.2, 0.25) is 0 Å². The highest BCUT2D eigenvalue weighted by Crippen LogP contribution is 2.31. The van der Waals surface area contributed by atoms with E-state index in [4.69, 9.17) is 4.98 Å². The van der Waals surface area contributed by atoms with Gasteiger partial charge in [0.25, 0.3) is 0 Å². The van der Waals surface area contributed by atoms with Crippen molar-refractivity contribution in [3.05, 3.63) is 60.0 Å². The summed E-state index contributed by atoms with van der Waals surface area (Å²) in [5, 5.41) is 0. The molecular formula is C18H19N3S. The van der Waals surface area contributed by atoms with Gasteiger partial charge in [-0.25, -0.2) is 9.97 Å². The molecule has 22 heavy (non-hydrogen) atoms. The molecule has 0 amide bonds. The third-order valence-corrected chi connectivity index (χ3v) is 5.33. The Bertz CT molecular complexity index is 760. The van der Waals surface area contributed by atoms with E-state index in [1.807, 2.05) is 12.3 Å². The molecule has 0 unspecified atom stereocenters. The maximum atomic E-state index is 4.88. The normalized spacial score (nSPS) is 16.2. The fourth-order valence-electron chi connectivity index (χ4n) is 3.21. The highest BCUT2D eigenvalue weighted by Gasteiger charge is 2.22. The predicted molar refractivity (Wildman–Crippen MR) is 92.4 cm³/mol. The first kappa shape index (κ1) is 13.8. The van der Waals surface area contributed by atoms with Crippen molar-refractivity contribution in [3.63, 3.8) is 0 Å². The summed E-state index contributed by atoms with van der Waals surface area (Å²) < 4.78 is 2.40. The van der Waals surface area contributed by atoms with E-state index in [-0.39, 0.29) is 0 Å².